The number of nitrogens with two attached hydrogens (primary N) is 1. The van der Waals surface area contributed by atoms with Crippen LogP contribution >= 0.6 is 0 Å². The zero-order valence-corrected chi connectivity index (χ0v) is 7.08. The van der Waals surface area contributed by atoms with Crippen LogP contribution in [0.25, 0.3) is 0 Å². The Morgan fingerprint density at radius 1 is 1.75 bits per heavy atom. The fraction of sp³-hybridized carbons (Fsp3) is 0.500. The van der Waals surface area contributed by atoms with Crippen LogP contribution < -0.4 is 11.4 Å². The highest BCUT2D eigenvalue weighted by Crippen LogP contribution is 2.09. The second kappa shape index (κ2) is 4.01. The van der Waals surface area contributed by atoms with Crippen molar-refractivity contribution in [3.8, 4) is 0 Å². The Bertz CT molecular complexity index is 294. The van der Waals surface area contributed by atoms with Gasteiger partial charge in [-0.25, -0.2) is 9.78 Å². The maximum absolute atomic E-state index is 10.8. The number of H-pyrrole nitrogens is 1. The average Bonchev–Trinajstić information content (AvgIpc) is 2.05. The fourth-order valence-electron chi connectivity index (χ4n) is 1.07. The lowest BCUT2D eigenvalue weighted by Crippen LogP contribution is -2.18. The highest BCUT2D eigenvalue weighted by molar-refractivity contribution is 5.03. The second-order valence-electron chi connectivity index (χ2n) is 2.73. The molecule has 4 heteroatoms. The Hall–Kier alpha value is -1.16. The molecule has 0 fully saturated rings. The summed E-state index contributed by atoms with van der Waals surface area (Å²) in [6, 6.07) is 1.66. The summed E-state index contributed by atoms with van der Waals surface area (Å²) in [5.74, 6) is 0. The summed E-state index contributed by atoms with van der Waals surface area (Å²) in [7, 11) is 0. The molecule has 0 aliphatic rings. The van der Waals surface area contributed by atoms with Gasteiger partial charge in [0.2, 0.25) is 0 Å². The number of nitrogens with zero attached hydrogens (tertiary/aromatic N) is 1. The summed E-state index contributed by atoms with van der Waals surface area (Å²) in [4.78, 5) is 16.9. The third-order valence-electron chi connectivity index (χ3n) is 1.70. The molecular weight excluding hydrogens is 154 g/mol. The maximum atomic E-state index is 10.8. The number of hydrogen-bond donors (Lipinski definition) is 2. The molecular formula is C8H13N3O. The lowest BCUT2D eigenvalue weighted by Gasteiger charge is -2.08. The predicted molar refractivity (Wildman–Crippen MR) is 46.7 cm³/mol. The van der Waals surface area contributed by atoms with E-state index in [1.165, 1.54) is 6.20 Å². The number of hydrogen-bond acceptors (Lipinski definition) is 3. The summed E-state index contributed by atoms with van der Waals surface area (Å²) in [5.41, 5.74) is 6.20. The van der Waals surface area contributed by atoms with Gasteiger partial charge in [-0.3, -0.25) is 0 Å². The topological polar surface area (TPSA) is 71.8 Å². The zero-order valence-electron chi connectivity index (χ0n) is 7.08. The van der Waals surface area contributed by atoms with Crippen LogP contribution in [-0.2, 0) is 0 Å². The quantitative estimate of drug-likeness (QED) is 0.691. The Labute approximate surface area is 70.8 Å². The maximum Gasteiger partial charge on any atom is 0.345 e. The van der Waals surface area contributed by atoms with Crippen LogP contribution in [0.3, 0.4) is 0 Å². The van der Waals surface area contributed by atoms with Gasteiger partial charge in [0.15, 0.2) is 0 Å². The number of aromatic nitrogens is 2. The molecule has 1 aromatic rings. The van der Waals surface area contributed by atoms with Gasteiger partial charge in [-0.1, -0.05) is 13.3 Å². The van der Waals surface area contributed by atoms with E-state index in [1.54, 1.807) is 6.07 Å². The Morgan fingerprint density at radius 2 is 2.50 bits per heavy atom. The molecule has 12 heavy (non-hydrogen) atoms. The number of rotatable bonds is 3. The molecule has 1 rings (SSSR count). The van der Waals surface area contributed by atoms with E-state index in [2.05, 4.69) is 16.9 Å². The van der Waals surface area contributed by atoms with Gasteiger partial charge in [-0.05, 0) is 12.5 Å². The van der Waals surface area contributed by atoms with Crippen molar-refractivity contribution in [2.75, 3.05) is 0 Å². The van der Waals surface area contributed by atoms with Crippen LogP contribution in [0.1, 0.15) is 31.5 Å². The first-order valence-electron chi connectivity index (χ1n) is 4.05. The van der Waals surface area contributed by atoms with Gasteiger partial charge >= 0.3 is 5.69 Å². The lowest BCUT2D eigenvalue weighted by molar-refractivity contribution is 0.617. The van der Waals surface area contributed by atoms with Crippen LogP contribution in [0, 0.1) is 0 Å². The van der Waals surface area contributed by atoms with E-state index in [9.17, 15) is 4.79 Å². The first kappa shape index (κ1) is 8.93. The molecule has 0 saturated heterocycles. The second-order valence-corrected chi connectivity index (χ2v) is 2.73. The van der Waals surface area contributed by atoms with Crippen molar-refractivity contribution in [3.05, 3.63) is 28.4 Å². The minimum absolute atomic E-state index is 0.0781. The normalized spacial score (nSPS) is 12.8. The Morgan fingerprint density at radius 3 is 3.08 bits per heavy atom. The van der Waals surface area contributed by atoms with Gasteiger partial charge in [-0.2, -0.15) is 0 Å². The highest BCUT2D eigenvalue weighted by atomic mass is 16.1. The van der Waals surface area contributed by atoms with Crippen molar-refractivity contribution < 1.29 is 0 Å². The van der Waals surface area contributed by atoms with E-state index in [1.807, 2.05) is 0 Å². The van der Waals surface area contributed by atoms with Gasteiger partial charge in [0.05, 0.1) is 0 Å². The summed E-state index contributed by atoms with van der Waals surface area (Å²) < 4.78 is 0. The van der Waals surface area contributed by atoms with E-state index in [-0.39, 0.29) is 11.7 Å². The van der Waals surface area contributed by atoms with Crippen LogP contribution in [0.4, 0.5) is 0 Å². The van der Waals surface area contributed by atoms with Gasteiger partial charge in [0, 0.05) is 17.9 Å². The van der Waals surface area contributed by atoms with E-state index >= 15 is 0 Å². The molecule has 1 heterocycles. The van der Waals surface area contributed by atoms with Crippen LogP contribution in [0.2, 0.25) is 0 Å². The van der Waals surface area contributed by atoms with E-state index < -0.39 is 0 Å². The SMILES string of the molecule is CCCC(N)c1ccnc(=O)[nH]1. The summed E-state index contributed by atoms with van der Waals surface area (Å²) >= 11 is 0. The van der Waals surface area contributed by atoms with Gasteiger partial charge in [0.1, 0.15) is 0 Å². The molecule has 66 valence electrons. The molecule has 0 saturated carbocycles. The third kappa shape index (κ3) is 2.17. The molecule has 0 radical (unpaired) electrons. The van der Waals surface area contributed by atoms with Gasteiger partial charge in [-0.15, -0.1) is 0 Å². The molecule has 3 N–H and O–H groups in total. The Balaban J connectivity index is 2.80. The molecule has 1 atom stereocenters. The monoisotopic (exact) mass is 167 g/mol. The minimum atomic E-state index is -0.334. The van der Waals surface area contributed by atoms with Crippen LogP contribution in [0.15, 0.2) is 17.1 Å². The van der Waals surface area contributed by atoms with Crippen LogP contribution in [0.5, 0.6) is 0 Å². The lowest BCUT2D eigenvalue weighted by atomic mass is 10.1. The molecule has 0 aliphatic heterocycles. The first-order valence-corrected chi connectivity index (χ1v) is 4.05. The smallest absolute Gasteiger partial charge is 0.323 e. The largest absolute Gasteiger partial charge is 0.345 e. The standard InChI is InChI=1S/C8H13N3O/c1-2-3-6(9)7-4-5-10-8(12)11-7/h4-6H,2-3,9H2,1H3,(H,10,11,12). The summed E-state index contributed by atoms with van der Waals surface area (Å²) in [5, 5.41) is 0. The van der Waals surface area contributed by atoms with E-state index in [4.69, 9.17) is 5.73 Å². The summed E-state index contributed by atoms with van der Waals surface area (Å²) in [6.45, 7) is 2.05. The molecule has 0 amide bonds. The highest BCUT2D eigenvalue weighted by Gasteiger charge is 2.04. The van der Waals surface area contributed by atoms with Crippen molar-refractivity contribution in [3.63, 3.8) is 0 Å². The van der Waals surface area contributed by atoms with Crippen molar-refractivity contribution in [2.24, 2.45) is 5.73 Å². The molecule has 0 bridgehead atoms. The third-order valence-corrected chi connectivity index (χ3v) is 1.70. The summed E-state index contributed by atoms with van der Waals surface area (Å²) in [6.07, 6.45) is 3.36. The van der Waals surface area contributed by atoms with Gasteiger partial charge < -0.3 is 10.7 Å². The van der Waals surface area contributed by atoms with Gasteiger partial charge in [0.25, 0.3) is 0 Å². The molecule has 4 nitrogen and oxygen atoms in total. The van der Waals surface area contributed by atoms with Crippen molar-refractivity contribution in [2.45, 2.75) is 25.8 Å². The average molecular weight is 167 g/mol. The molecule has 0 spiro atoms. The van der Waals surface area contributed by atoms with E-state index in [0.29, 0.717) is 0 Å². The molecule has 0 aliphatic carbocycles. The van der Waals surface area contributed by atoms with Crippen molar-refractivity contribution >= 4 is 0 Å². The molecule has 0 aromatic carbocycles. The predicted octanol–water partition coefficient (Wildman–Crippen LogP) is 0.570. The van der Waals surface area contributed by atoms with Crippen molar-refractivity contribution in [1.29, 1.82) is 0 Å². The first-order chi connectivity index (χ1) is 5.74. The molecule has 1 unspecified atom stereocenters. The van der Waals surface area contributed by atoms with Crippen molar-refractivity contribution in [1.82, 2.24) is 9.97 Å². The zero-order chi connectivity index (χ0) is 8.97. The minimum Gasteiger partial charge on any atom is -0.323 e. The van der Waals surface area contributed by atoms with E-state index in [0.717, 1.165) is 18.5 Å². The molecule has 1 aromatic heterocycles. The number of aromatic amines is 1. The fourth-order valence-corrected chi connectivity index (χ4v) is 1.07. The van der Waals surface area contributed by atoms with Crippen LogP contribution in [-0.4, -0.2) is 9.97 Å². The Kier molecular flexibility index (Phi) is 2.99. The number of nitrogens with one attached hydrogen (secondary N) is 1.